The van der Waals surface area contributed by atoms with Gasteiger partial charge in [0.1, 0.15) is 0 Å². The van der Waals surface area contributed by atoms with Crippen molar-refractivity contribution < 1.29 is 4.79 Å². The fourth-order valence-corrected chi connectivity index (χ4v) is 5.25. The second kappa shape index (κ2) is 9.87. The van der Waals surface area contributed by atoms with Crippen LogP contribution in [0, 0.1) is 0 Å². The summed E-state index contributed by atoms with van der Waals surface area (Å²) >= 11 is 0. The minimum atomic E-state index is 0.0634. The highest BCUT2D eigenvalue weighted by Gasteiger charge is 2.23. The summed E-state index contributed by atoms with van der Waals surface area (Å²) in [6, 6.07) is 15.4. The van der Waals surface area contributed by atoms with E-state index in [2.05, 4.69) is 62.5 Å². The van der Waals surface area contributed by atoms with Gasteiger partial charge in [-0.2, -0.15) is 0 Å². The SMILES string of the molecule is CN(Cc1ccc2nccnc2c1)C1CCN(c2ccc(C(=O)NC3CCCC3)cc2)CC1. The molecule has 1 saturated heterocycles. The number of nitrogens with one attached hydrogen (secondary N) is 1. The van der Waals surface area contributed by atoms with Crippen LogP contribution in [0.3, 0.4) is 0 Å². The van der Waals surface area contributed by atoms with Gasteiger partial charge >= 0.3 is 0 Å². The first-order valence-corrected chi connectivity index (χ1v) is 12.2. The van der Waals surface area contributed by atoms with E-state index in [4.69, 9.17) is 0 Å². The number of carbonyl (C=O) groups is 1. The number of rotatable bonds is 6. The standard InChI is InChI=1S/C27H33N5O/c1-31(19-20-6-11-25-26(18-20)29-15-14-28-25)23-12-16-32(17-13-23)24-9-7-21(8-10-24)27(33)30-22-4-2-3-5-22/h6-11,14-15,18,22-23H,2-5,12-13,16-17,19H2,1H3,(H,30,33). The topological polar surface area (TPSA) is 61.4 Å². The number of piperidine rings is 1. The minimum absolute atomic E-state index is 0.0634. The van der Waals surface area contributed by atoms with Crippen molar-refractivity contribution in [3.8, 4) is 0 Å². The van der Waals surface area contributed by atoms with Crippen LogP contribution in [0.2, 0.25) is 0 Å². The molecule has 2 fully saturated rings. The predicted octanol–water partition coefficient (Wildman–Crippen LogP) is 4.40. The van der Waals surface area contributed by atoms with Gasteiger partial charge in [0.05, 0.1) is 11.0 Å². The van der Waals surface area contributed by atoms with Crippen LogP contribution in [0.1, 0.15) is 54.4 Å². The molecule has 6 heteroatoms. The van der Waals surface area contributed by atoms with Crippen LogP contribution < -0.4 is 10.2 Å². The van der Waals surface area contributed by atoms with E-state index in [1.165, 1.54) is 24.1 Å². The Morgan fingerprint density at radius 1 is 0.970 bits per heavy atom. The Morgan fingerprint density at radius 3 is 2.39 bits per heavy atom. The molecule has 5 rings (SSSR count). The Morgan fingerprint density at radius 2 is 1.67 bits per heavy atom. The molecule has 0 unspecified atom stereocenters. The first kappa shape index (κ1) is 21.8. The number of amides is 1. The number of fused-ring (bicyclic) bond motifs is 1. The molecule has 1 N–H and O–H groups in total. The lowest BCUT2D eigenvalue weighted by Gasteiger charge is -2.38. The maximum Gasteiger partial charge on any atom is 0.251 e. The molecule has 2 heterocycles. The molecule has 1 amide bonds. The van der Waals surface area contributed by atoms with E-state index in [1.54, 1.807) is 12.4 Å². The molecule has 3 aromatic rings. The van der Waals surface area contributed by atoms with Crippen molar-refractivity contribution in [2.24, 2.45) is 0 Å². The van der Waals surface area contributed by atoms with Crippen molar-refractivity contribution in [1.82, 2.24) is 20.2 Å². The van der Waals surface area contributed by atoms with E-state index < -0.39 is 0 Å². The average molecular weight is 444 g/mol. The monoisotopic (exact) mass is 443 g/mol. The molecule has 1 aliphatic carbocycles. The molecule has 172 valence electrons. The van der Waals surface area contributed by atoms with Crippen LogP contribution in [0.5, 0.6) is 0 Å². The average Bonchev–Trinajstić information content (AvgIpc) is 3.37. The van der Waals surface area contributed by atoms with Crippen LogP contribution in [-0.4, -0.2) is 53.0 Å². The number of carbonyl (C=O) groups excluding carboxylic acids is 1. The van der Waals surface area contributed by atoms with Crippen molar-refractivity contribution >= 4 is 22.6 Å². The van der Waals surface area contributed by atoms with Gasteiger partial charge in [0.15, 0.2) is 0 Å². The van der Waals surface area contributed by atoms with Gasteiger partial charge in [0.2, 0.25) is 0 Å². The summed E-state index contributed by atoms with van der Waals surface area (Å²) in [4.78, 5) is 26.2. The molecular formula is C27H33N5O. The molecule has 0 radical (unpaired) electrons. The van der Waals surface area contributed by atoms with Crippen LogP contribution in [0.15, 0.2) is 54.9 Å². The third-order valence-electron chi connectivity index (χ3n) is 7.24. The molecule has 0 atom stereocenters. The van der Waals surface area contributed by atoms with Gasteiger partial charge in [-0.1, -0.05) is 18.9 Å². The van der Waals surface area contributed by atoms with Gasteiger partial charge in [-0.3, -0.25) is 19.7 Å². The van der Waals surface area contributed by atoms with Crippen molar-refractivity contribution in [3.05, 3.63) is 66.0 Å². The smallest absolute Gasteiger partial charge is 0.251 e. The molecule has 33 heavy (non-hydrogen) atoms. The van der Waals surface area contributed by atoms with Crippen molar-refractivity contribution in [1.29, 1.82) is 0 Å². The second-order valence-corrected chi connectivity index (χ2v) is 9.51. The Bertz CT molecular complexity index is 1090. The zero-order chi connectivity index (χ0) is 22.6. The predicted molar refractivity (Wildman–Crippen MR) is 132 cm³/mol. The Balaban J connectivity index is 1.13. The normalized spacial score (nSPS) is 17.7. The number of hydrogen-bond acceptors (Lipinski definition) is 5. The van der Waals surface area contributed by atoms with E-state index in [-0.39, 0.29) is 5.91 Å². The molecule has 2 aliphatic rings. The van der Waals surface area contributed by atoms with Crippen molar-refractivity contribution in [2.75, 3.05) is 25.0 Å². The van der Waals surface area contributed by atoms with Crippen molar-refractivity contribution in [3.63, 3.8) is 0 Å². The molecule has 1 aromatic heterocycles. The zero-order valence-electron chi connectivity index (χ0n) is 19.4. The van der Waals surface area contributed by atoms with Gasteiger partial charge in [-0.25, -0.2) is 0 Å². The Kier molecular flexibility index (Phi) is 6.53. The van der Waals surface area contributed by atoms with Gasteiger partial charge < -0.3 is 10.2 Å². The van der Waals surface area contributed by atoms with Crippen LogP contribution in [0.4, 0.5) is 5.69 Å². The maximum absolute atomic E-state index is 12.5. The molecule has 6 nitrogen and oxygen atoms in total. The van der Waals surface area contributed by atoms with E-state index in [0.29, 0.717) is 12.1 Å². The summed E-state index contributed by atoms with van der Waals surface area (Å²) in [6.45, 7) is 2.99. The fraction of sp³-hybridized carbons (Fsp3) is 0.444. The van der Waals surface area contributed by atoms with Crippen LogP contribution in [-0.2, 0) is 6.54 Å². The first-order chi connectivity index (χ1) is 16.2. The second-order valence-electron chi connectivity index (χ2n) is 9.51. The van der Waals surface area contributed by atoms with Crippen LogP contribution in [0.25, 0.3) is 11.0 Å². The largest absolute Gasteiger partial charge is 0.371 e. The first-order valence-electron chi connectivity index (χ1n) is 12.2. The third kappa shape index (κ3) is 5.17. The van der Waals surface area contributed by atoms with E-state index >= 15 is 0 Å². The summed E-state index contributed by atoms with van der Waals surface area (Å²) < 4.78 is 0. The molecule has 2 aromatic carbocycles. The lowest BCUT2D eigenvalue weighted by atomic mass is 10.0. The summed E-state index contributed by atoms with van der Waals surface area (Å²) in [7, 11) is 2.22. The zero-order valence-corrected chi connectivity index (χ0v) is 19.4. The van der Waals surface area contributed by atoms with E-state index in [1.807, 2.05) is 12.1 Å². The Hall–Kier alpha value is -2.99. The molecule has 1 aliphatic heterocycles. The molecule has 1 saturated carbocycles. The Labute approximate surface area is 196 Å². The molecule has 0 spiro atoms. The quantitative estimate of drug-likeness (QED) is 0.612. The maximum atomic E-state index is 12.5. The molecular weight excluding hydrogens is 410 g/mol. The number of benzene rings is 2. The number of nitrogens with zero attached hydrogens (tertiary/aromatic N) is 4. The minimum Gasteiger partial charge on any atom is -0.371 e. The van der Waals surface area contributed by atoms with Crippen molar-refractivity contribution in [2.45, 2.75) is 57.2 Å². The van der Waals surface area contributed by atoms with Gasteiger partial charge in [0, 0.05) is 55.4 Å². The number of anilines is 1. The van der Waals surface area contributed by atoms with Gasteiger partial charge in [-0.15, -0.1) is 0 Å². The number of aromatic nitrogens is 2. The summed E-state index contributed by atoms with van der Waals surface area (Å²) in [6.07, 6.45) is 10.4. The third-order valence-corrected chi connectivity index (χ3v) is 7.24. The lowest BCUT2D eigenvalue weighted by molar-refractivity contribution is 0.0938. The summed E-state index contributed by atoms with van der Waals surface area (Å²) in [5.74, 6) is 0.0634. The number of hydrogen-bond donors (Lipinski definition) is 1. The van der Waals surface area contributed by atoms with E-state index in [0.717, 1.165) is 61.9 Å². The summed E-state index contributed by atoms with van der Waals surface area (Å²) in [5.41, 5.74) is 5.15. The highest BCUT2D eigenvalue weighted by Crippen LogP contribution is 2.24. The lowest BCUT2D eigenvalue weighted by Crippen LogP contribution is -2.43. The fourth-order valence-electron chi connectivity index (χ4n) is 5.25. The molecule has 0 bridgehead atoms. The van der Waals surface area contributed by atoms with Gasteiger partial charge in [0.25, 0.3) is 5.91 Å². The van der Waals surface area contributed by atoms with Crippen LogP contribution >= 0.6 is 0 Å². The summed E-state index contributed by atoms with van der Waals surface area (Å²) in [5, 5.41) is 3.18. The van der Waals surface area contributed by atoms with Gasteiger partial charge in [-0.05, 0) is 74.7 Å². The highest BCUT2D eigenvalue weighted by molar-refractivity contribution is 5.94. The van der Waals surface area contributed by atoms with E-state index in [9.17, 15) is 4.79 Å². The highest BCUT2D eigenvalue weighted by atomic mass is 16.1.